The van der Waals surface area contributed by atoms with Crippen LogP contribution in [-0.4, -0.2) is 47.3 Å². The SMILES string of the molecule is C=C(NCc1ccc(CNS(=O)(=O)c2cccc3c(N(C)C)cccc23)cc1)Nc1ccccc1C(=N)N(C)C. The van der Waals surface area contributed by atoms with Crippen LogP contribution in [0.25, 0.3) is 10.8 Å². The monoisotopic (exact) mass is 556 g/mol. The fraction of sp³-hybridized carbons (Fsp3) is 0.194. The number of hydrogen-bond donors (Lipinski definition) is 4. The zero-order chi connectivity index (χ0) is 28.9. The molecule has 0 unspecified atom stereocenters. The number of nitrogens with zero attached hydrogens (tertiary/aromatic N) is 2. The first-order chi connectivity index (χ1) is 19.1. The van der Waals surface area contributed by atoms with Gasteiger partial charge in [-0.1, -0.05) is 67.2 Å². The molecule has 0 saturated heterocycles. The van der Waals surface area contributed by atoms with Crippen LogP contribution in [0, 0.1) is 5.41 Å². The number of nitrogens with one attached hydrogen (secondary N) is 4. The number of amidine groups is 1. The molecule has 4 N–H and O–H groups in total. The van der Waals surface area contributed by atoms with Crippen molar-refractivity contribution in [2.24, 2.45) is 0 Å². The molecular formula is C31H36N6O2S. The minimum absolute atomic E-state index is 0.183. The van der Waals surface area contributed by atoms with E-state index in [0.29, 0.717) is 23.6 Å². The van der Waals surface area contributed by atoms with Crippen molar-refractivity contribution in [2.45, 2.75) is 18.0 Å². The van der Waals surface area contributed by atoms with Crippen molar-refractivity contribution in [3.63, 3.8) is 0 Å². The maximum atomic E-state index is 13.2. The molecule has 0 spiro atoms. The summed E-state index contributed by atoms with van der Waals surface area (Å²) in [6, 6.07) is 26.4. The minimum atomic E-state index is -3.72. The molecule has 0 atom stereocenters. The van der Waals surface area contributed by atoms with E-state index in [1.807, 2.05) is 106 Å². The highest BCUT2D eigenvalue weighted by Crippen LogP contribution is 2.30. The third kappa shape index (κ3) is 6.62. The first-order valence-corrected chi connectivity index (χ1v) is 14.4. The number of benzene rings is 4. The summed E-state index contributed by atoms with van der Waals surface area (Å²) in [6.45, 7) is 4.78. The van der Waals surface area contributed by atoms with Gasteiger partial charge in [-0.15, -0.1) is 0 Å². The second kappa shape index (κ2) is 12.2. The number of rotatable bonds is 11. The Labute approximate surface area is 236 Å². The summed E-state index contributed by atoms with van der Waals surface area (Å²) in [6.07, 6.45) is 0. The van der Waals surface area contributed by atoms with E-state index in [4.69, 9.17) is 5.41 Å². The van der Waals surface area contributed by atoms with Crippen LogP contribution in [0.2, 0.25) is 0 Å². The van der Waals surface area contributed by atoms with Crippen LogP contribution in [0.15, 0.2) is 102 Å². The topological polar surface area (TPSA) is 101 Å². The average Bonchev–Trinajstić information content (AvgIpc) is 2.94. The van der Waals surface area contributed by atoms with Crippen LogP contribution in [0.4, 0.5) is 11.4 Å². The van der Waals surface area contributed by atoms with Crippen molar-refractivity contribution in [3.05, 3.63) is 114 Å². The number of fused-ring (bicyclic) bond motifs is 1. The van der Waals surface area contributed by atoms with Gasteiger partial charge in [-0.3, -0.25) is 5.41 Å². The standard InChI is InChI=1S/C31H36N6O2S/c1-22(35-28-13-7-6-10-27(28)31(32)37(4)5)33-20-23-16-18-24(19-17-23)21-34-40(38,39)30-15-9-11-25-26(30)12-8-14-29(25)36(2)3/h6-19,32-35H,1,20-21H2,2-5H3. The van der Waals surface area contributed by atoms with Crippen LogP contribution in [0.3, 0.4) is 0 Å². The molecule has 0 radical (unpaired) electrons. The Balaban J connectivity index is 1.36. The van der Waals surface area contributed by atoms with Gasteiger partial charge in [-0.2, -0.15) is 0 Å². The van der Waals surface area contributed by atoms with Gasteiger partial charge in [0.05, 0.1) is 16.4 Å². The Bertz CT molecular complexity index is 1630. The first kappa shape index (κ1) is 28.7. The average molecular weight is 557 g/mol. The van der Waals surface area contributed by atoms with E-state index >= 15 is 0 Å². The number of hydrogen-bond acceptors (Lipinski definition) is 6. The van der Waals surface area contributed by atoms with Gasteiger partial charge in [-0.05, 0) is 35.4 Å². The lowest BCUT2D eigenvalue weighted by Crippen LogP contribution is -2.24. The molecule has 208 valence electrons. The van der Waals surface area contributed by atoms with E-state index in [1.165, 1.54) is 0 Å². The molecule has 0 amide bonds. The lowest BCUT2D eigenvalue weighted by molar-refractivity contribution is 0.582. The normalized spacial score (nSPS) is 11.2. The maximum absolute atomic E-state index is 13.2. The third-order valence-electron chi connectivity index (χ3n) is 6.54. The number of sulfonamides is 1. The van der Waals surface area contributed by atoms with Crippen LogP contribution in [0.1, 0.15) is 16.7 Å². The number of anilines is 2. The van der Waals surface area contributed by atoms with Gasteiger partial charge in [0.25, 0.3) is 0 Å². The fourth-order valence-corrected chi connectivity index (χ4v) is 5.61. The molecule has 0 aliphatic heterocycles. The molecule has 0 heterocycles. The molecule has 4 rings (SSSR count). The zero-order valence-electron chi connectivity index (χ0n) is 23.3. The quantitative estimate of drug-likeness (QED) is 0.154. The largest absolute Gasteiger partial charge is 0.377 e. The van der Waals surface area contributed by atoms with Crippen LogP contribution < -0.4 is 20.3 Å². The Morgan fingerprint density at radius 2 is 1.43 bits per heavy atom. The molecule has 4 aromatic carbocycles. The van der Waals surface area contributed by atoms with E-state index in [9.17, 15) is 8.42 Å². The van der Waals surface area contributed by atoms with Crippen molar-refractivity contribution in [1.82, 2.24) is 14.9 Å². The summed E-state index contributed by atoms with van der Waals surface area (Å²) in [5.41, 5.74) is 4.42. The van der Waals surface area contributed by atoms with Gasteiger partial charge in [0.1, 0.15) is 5.84 Å². The van der Waals surface area contributed by atoms with Gasteiger partial charge in [0.15, 0.2) is 0 Å². The second-order valence-electron chi connectivity index (χ2n) is 9.91. The van der Waals surface area contributed by atoms with Crippen LogP contribution in [0.5, 0.6) is 0 Å². The molecule has 4 aromatic rings. The summed E-state index contributed by atoms with van der Waals surface area (Å²) in [5.74, 6) is 1.02. The Kier molecular flexibility index (Phi) is 8.77. The molecule has 0 aliphatic carbocycles. The first-order valence-electron chi connectivity index (χ1n) is 12.9. The number of para-hydroxylation sites is 1. The molecule has 9 heteroatoms. The van der Waals surface area contributed by atoms with Gasteiger partial charge in [0.2, 0.25) is 10.0 Å². The van der Waals surface area contributed by atoms with Gasteiger partial charge in [-0.25, -0.2) is 13.1 Å². The minimum Gasteiger partial charge on any atom is -0.377 e. The van der Waals surface area contributed by atoms with E-state index in [-0.39, 0.29) is 11.4 Å². The van der Waals surface area contributed by atoms with Crippen molar-refractivity contribution < 1.29 is 8.42 Å². The van der Waals surface area contributed by atoms with Crippen molar-refractivity contribution in [2.75, 3.05) is 38.4 Å². The molecule has 40 heavy (non-hydrogen) atoms. The predicted molar refractivity (Wildman–Crippen MR) is 165 cm³/mol. The summed E-state index contributed by atoms with van der Waals surface area (Å²) in [4.78, 5) is 3.99. The molecule has 0 aliphatic rings. The van der Waals surface area contributed by atoms with Crippen LogP contribution >= 0.6 is 0 Å². The highest BCUT2D eigenvalue weighted by atomic mass is 32.2. The Morgan fingerprint density at radius 1 is 0.800 bits per heavy atom. The smallest absolute Gasteiger partial charge is 0.241 e. The molecule has 0 fully saturated rings. The lowest BCUT2D eigenvalue weighted by atomic mass is 10.1. The van der Waals surface area contributed by atoms with Crippen LogP contribution in [-0.2, 0) is 23.1 Å². The van der Waals surface area contributed by atoms with E-state index in [2.05, 4.69) is 21.9 Å². The summed E-state index contributed by atoms with van der Waals surface area (Å²) in [7, 11) is 3.84. The summed E-state index contributed by atoms with van der Waals surface area (Å²) >= 11 is 0. The fourth-order valence-electron chi connectivity index (χ4n) is 4.37. The van der Waals surface area contributed by atoms with E-state index in [0.717, 1.165) is 33.5 Å². The Hall–Kier alpha value is -4.34. The summed E-state index contributed by atoms with van der Waals surface area (Å²) < 4.78 is 29.2. The zero-order valence-corrected chi connectivity index (χ0v) is 24.1. The third-order valence-corrected chi connectivity index (χ3v) is 8.00. The molecular weight excluding hydrogens is 520 g/mol. The molecule has 0 aromatic heterocycles. The highest BCUT2D eigenvalue weighted by Gasteiger charge is 2.18. The summed E-state index contributed by atoms with van der Waals surface area (Å²) in [5, 5.41) is 16.4. The van der Waals surface area contributed by atoms with Crippen molar-refractivity contribution >= 4 is 38.0 Å². The maximum Gasteiger partial charge on any atom is 0.241 e. The molecule has 0 bridgehead atoms. The lowest BCUT2D eigenvalue weighted by Gasteiger charge is -2.19. The molecule has 0 saturated carbocycles. The van der Waals surface area contributed by atoms with Gasteiger partial charge in [0, 0.05) is 63.3 Å². The molecule has 8 nitrogen and oxygen atoms in total. The Morgan fingerprint density at radius 3 is 2.10 bits per heavy atom. The predicted octanol–water partition coefficient (Wildman–Crippen LogP) is 4.94. The van der Waals surface area contributed by atoms with Gasteiger partial charge >= 0.3 is 0 Å². The van der Waals surface area contributed by atoms with Crippen molar-refractivity contribution in [1.29, 1.82) is 5.41 Å². The van der Waals surface area contributed by atoms with Gasteiger partial charge < -0.3 is 20.4 Å². The van der Waals surface area contributed by atoms with E-state index in [1.54, 1.807) is 17.0 Å². The second-order valence-corrected chi connectivity index (χ2v) is 11.6. The van der Waals surface area contributed by atoms with Crippen molar-refractivity contribution in [3.8, 4) is 0 Å². The van der Waals surface area contributed by atoms with E-state index < -0.39 is 10.0 Å². The highest BCUT2D eigenvalue weighted by molar-refractivity contribution is 7.89.